The van der Waals surface area contributed by atoms with E-state index in [1.807, 2.05) is 12.1 Å². The Labute approximate surface area is 191 Å². The number of aromatic nitrogens is 3. The molecule has 3 rings (SSSR count). The summed E-state index contributed by atoms with van der Waals surface area (Å²) in [5.41, 5.74) is 6.58. The molecule has 11 heteroatoms. The molecule has 170 valence electrons. The number of benzene rings is 2. The molecule has 0 bridgehead atoms. The Hall–Kier alpha value is -2.89. The number of nitrogens with zero attached hydrogens (tertiary/aromatic N) is 4. The van der Waals surface area contributed by atoms with E-state index in [9.17, 15) is 13.2 Å². The van der Waals surface area contributed by atoms with Gasteiger partial charge in [0.15, 0.2) is 11.0 Å². The van der Waals surface area contributed by atoms with Crippen LogP contribution in [-0.2, 0) is 14.8 Å². The molecule has 0 saturated carbocycles. The van der Waals surface area contributed by atoms with Gasteiger partial charge in [0.1, 0.15) is 5.75 Å². The molecule has 0 aliphatic carbocycles. The monoisotopic (exact) mass is 475 g/mol. The summed E-state index contributed by atoms with van der Waals surface area (Å²) in [6.45, 7) is 4.34. The van der Waals surface area contributed by atoms with E-state index in [1.165, 1.54) is 4.31 Å². The zero-order chi connectivity index (χ0) is 23.3. The van der Waals surface area contributed by atoms with Crippen LogP contribution in [0, 0.1) is 0 Å². The Morgan fingerprint density at radius 1 is 1.12 bits per heavy atom. The van der Waals surface area contributed by atoms with Crippen molar-refractivity contribution < 1.29 is 17.9 Å². The molecule has 1 heterocycles. The molecule has 0 aliphatic heterocycles. The summed E-state index contributed by atoms with van der Waals surface area (Å²) in [7, 11) is -2.08. The Kier molecular flexibility index (Phi) is 7.54. The molecule has 0 aliphatic rings. The molecule has 0 fully saturated rings. The molecular weight excluding hydrogens is 450 g/mol. The molecule has 9 nitrogen and oxygen atoms in total. The first-order valence-electron chi connectivity index (χ1n) is 9.93. The number of hydrogen-bond donors (Lipinski definition) is 1. The highest BCUT2D eigenvalue weighted by Gasteiger charge is 2.23. The normalized spacial score (nSPS) is 11.6. The Morgan fingerprint density at radius 3 is 2.50 bits per heavy atom. The lowest BCUT2D eigenvalue weighted by Gasteiger charge is -2.19. The first kappa shape index (κ1) is 23.8. The van der Waals surface area contributed by atoms with E-state index in [1.54, 1.807) is 61.9 Å². The zero-order valence-corrected chi connectivity index (χ0v) is 19.7. The van der Waals surface area contributed by atoms with Gasteiger partial charge in [0, 0.05) is 24.7 Å². The van der Waals surface area contributed by atoms with Gasteiger partial charge in [-0.25, -0.2) is 8.42 Å². The third-order valence-corrected chi connectivity index (χ3v) is 7.72. The van der Waals surface area contributed by atoms with Crippen LogP contribution < -0.4 is 10.5 Å². The Bertz CT molecular complexity index is 1210. The lowest BCUT2D eigenvalue weighted by molar-refractivity contribution is -0.115. The van der Waals surface area contributed by atoms with Crippen molar-refractivity contribution in [2.75, 3.05) is 26.0 Å². The van der Waals surface area contributed by atoms with E-state index in [4.69, 9.17) is 10.5 Å². The number of hydrogen-bond acceptors (Lipinski definition) is 7. The number of amides is 1. The second-order valence-corrected chi connectivity index (χ2v) is 9.60. The number of sulfonamides is 1. The summed E-state index contributed by atoms with van der Waals surface area (Å²) in [5.74, 6) is 0.607. The van der Waals surface area contributed by atoms with Crippen molar-refractivity contribution in [3.05, 3.63) is 48.5 Å². The molecule has 32 heavy (non-hydrogen) atoms. The van der Waals surface area contributed by atoms with Gasteiger partial charge in [0.25, 0.3) is 0 Å². The molecule has 0 unspecified atom stereocenters. The zero-order valence-electron chi connectivity index (χ0n) is 18.1. The second-order valence-electron chi connectivity index (χ2n) is 6.72. The lowest BCUT2D eigenvalue weighted by Crippen LogP contribution is -2.30. The van der Waals surface area contributed by atoms with Crippen molar-refractivity contribution in [3.8, 4) is 22.8 Å². The van der Waals surface area contributed by atoms with Crippen LogP contribution in [0.25, 0.3) is 17.1 Å². The highest BCUT2D eigenvalue weighted by molar-refractivity contribution is 7.99. The van der Waals surface area contributed by atoms with Crippen LogP contribution in [0.5, 0.6) is 5.75 Å². The summed E-state index contributed by atoms with van der Waals surface area (Å²) in [6.07, 6.45) is 0. The Balaban J connectivity index is 2.15. The number of ether oxygens (including phenoxy) is 1. The van der Waals surface area contributed by atoms with E-state index in [-0.39, 0.29) is 10.6 Å². The van der Waals surface area contributed by atoms with Gasteiger partial charge in [-0.05, 0) is 24.3 Å². The maximum absolute atomic E-state index is 13.0. The number of carbonyl (C=O) groups excluding carboxylic acids is 1. The third-order valence-electron chi connectivity index (χ3n) is 4.72. The minimum Gasteiger partial charge on any atom is -0.497 e. The SMILES string of the molecule is CCN(CC)S(=O)(=O)c1cccc(-c2nnc(SCC(N)=O)n2-c2cccc(OC)c2)c1. The molecule has 2 N–H and O–H groups in total. The van der Waals surface area contributed by atoms with Crippen LogP contribution in [0.2, 0.25) is 0 Å². The average molecular weight is 476 g/mol. The molecule has 1 aromatic heterocycles. The number of methoxy groups -OCH3 is 1. The van der Waals surface area contributed by atoms with Crippen LogP contribution in [0.3, 0.4) is 0 Å². The van der Waals surface area contributed by atoms with Crippen LogP contribution in [0.1, 0.15) is 13.8 Å². The van der Waals surface area contributed by atoms with Crippen molar-refractivity contribution in [2.45, 2.75) is 23.9 Å². The third kappa shape index (κ3) is 4.95. The summed E-state index contributed by atoms with van der Waals surface area (Å²) in [5, 5.41) is 8.97. The standard InChI is InChI=1S/C21H25N5O4S2/c1-4-25(5-2)32(28,29)18-11-6-8-15(12-18)20-23-24-21(31-14-19(22)27)26(20)16-9-7-10-17(13-16)30-3/h6-13H,4-5,14H2,1-3H3,(H2,22,27). The van der Waals surface area contributed by atoms with Crippen molar-refractivity contribution in [3.63, 3.8) is 0 Å². The van der Waals surface area contributed by atoms with Crippen LogP contribution in [0.4, 0.5) is 0 Å². The lowest BCUT2D eigenvalue weighted by atomic mass is 10.2. The molecule has 0 spiro atoms. The fraction of sp³-hybridized carbons (Fsp3) is 0.286. The quantitative estimate of drug-likeness (QED) is 0.447. The molecule has 0 atom stereocenters. The van der Waals surface area contributed by atoms with Gasteiger partial charge in [-0.3, -0.25) is 9.36 Å². The van der Waals surface area contributed by atoms with Crippen molar-refractivity contribution in [1.29, 1.82) is 0 Å². The maximum atomic E-state index is 13.0. The van der Waals surface area contributed by atoms with E-state index >= 15 is 0 Å². The number of nitrogens with two attached hydrogens (primary N) is 1. The molecule has 0 saturated heterocycles. The fourth-order valence-corrected chi connectivity index (χ4v) is 5.37. The number of rotatable bonds is 10. The number of thioether (sulfide) groups is 1. The van der Waals surface area contributed by atoms with Gasteiger partial charge in [-0.1, -0.05) is 43.8 Å². The minimum atomic E-state index is -3.65. The number of carbonyl (C=O) groups is 1. The first-order valence-corrected chi connectivity index (χ1v) is 12.4. The topological polar surface area (TPSA) is 120 Å². The van der Waals surface area contributed by atoms with E-state index in [0.717, 1.165) is 11.8 Å². The van der Waals surface area contributed by atoms with Crippen molar-refractivity contribution >= 4 is 27.7 Å². The minimum absolute atomic E-state index is 0.0263. The second kappa shape index (κ2) is 10.2. The maximum Gasteiger partial charge on any atom is 0.243 e. The largest absolute Gasteiger partial charge is 0.497 e. The summed E-state index contributed by atoms with van der Waals surface area (Å²) in [4.78, 5) is 11.5. The van der Waals surface area contributed by atoms with Crippen molar-refractivity contribution in [2.24, 2.45) is 5.73 Å². The van der Waals surface area contributed by atoms with Gasteiger partial charge < -0.3 is 10.5 Å². The number of primary amides is 1. The van der Waals surface area contributed by atoms with Gasteiger partial charge in [-0.2, -0.15) is 4.31 Å². The smallest absolute Gasteiger partial charge is 0.243 e. The fourth-order valence-electron chi connectivity index (χ4n) is 3.18. The predicted octanol–water partition coefficient (Wildman–Crippen LogP) is 2.55. The van der Waals surface area contributed by atoms with Crippen LogP contribution in [-0.4, -0.2) is 59.3 Å². The van der Waals surface area contributed by atoms with Gasteiger partial charge in [0.2, 0.25) is 15.9 Å². The molecule has 3 aromatic rings. The van der Waals surface area contributed by atoms with E-state index < -0.39 is 15.9 Å². The summed E-state index contributed by atoms with van der Waals surface area (Å²) >= 11 is 1.15. The average Bonchev–Trinajstić information content (AvgIpc) is 3.22. The van der Waals surface area contributed by atoms with Gasteiger partial charge >= 0.3 is 0 Å². The highest BCUT2D eigenvalue weighted by Crippen LogP contribution is 2.31. The summed E-state index contributed by atoms with van der Waals surface area (Å²) in [6, 6.07) is 13.9. The van der Waals surface area contributed by atoms with Gasteiger partial charge in [-0.15, -0.1) is 10.2 Å². The molecule has 2 aromatic carbocycles. The Morgan fingerprint density at radius 2 is 1.84 bits per heavy atom. The first-order chi connectivity index (χ1) is 15.3. The molecular formula is C21H25N5O4S2. The van der Waals surface area contributed by atoms with Gasteiger partial charge in [0.05, 0.1) is 23.4 Å². The van der Waals surface area contributed by atoms with E-state index in [2.05, 4.69) is 10.2 Å². The van der Waals surface area contributed by atoms with Crippen LogP contribution >= 0.6 is 11.8 Å². The summed E-state index contributed by atoms with van der Waals surface area (Å²) < 4.78 is 34.5. The molecule has 1 amide bonds. The van der Waals surface area contributed by atoms with Crippen molar-refractivity contribution in [1.82, 2.24) is 19.1 Å². The van der Waals surface area contributed by atoms with E-state index in [0.29, 0.717) is 41.1 Å². The highest BCUT2D eigenvalue weighted by atomic mass is 32.2. The predicted molar refractivity (Wildman–Crippen MR) is 123 cm³/mol. The van der Waals surface area contributed by atoms with Crippen LogP contribution in [0.15, 0.2) is 58.6 Å². The molecule has 0 radical (unpaired) electrons.